The van der Waals surface area contributed by atoms with Gasteiger partial charge in [0.05, 0.1) is 11.4 Å². The van der Waals surface area contributed by atoms with Crippen LogP contribution in [0.5, 0.6) is 0 Å². The number of nitrogen functional groups attached to an aromatic ring is 2. The van der Waals surface area contributed by atoms with Crippen molar-refractivity contribution in [3.63, 3.8) is 0 Å². The molecule has 0 fully saturated rings. The number of fused-ring (bicyclic) bond motifs is 2. The predicted octanol–water partition coefficient (Wildman–Crippen LogP) is 3.49. The van der Waals surface area contributed by atoms with E-state index < -0.39 is 0 Å². The van der Waals surface area contributed by atoms with Crippen molar-refractivity contribution in [2.24, 2.45) is 0 Å². The molecular formula is C21H21N7. The fourth-order valence-electron chi connectivity index (χ4n) is 3.42. The summed E-state index contributed by atoms with van der Waals surface area (Å²) < 4.78 is 0. The number of anilines is 3. The first-order valence-electron chi connectivity index (χ1n) is 8.99. The van der Waals surface area contributed by atoms with Crippen molar-refractivity contribution in [3.05, 3.63) is 66.9 Å². The van der Waals surface area contributed by atoms with Crippen molar-refractivity contribution in [2.75, 3.05) is 22.9 Å². The van der Waals surface area contributed by atoms with E-state index >= 15 is 0 Å². The highest BCUT2D eigenvalue weighted by Crippen LogP contribution is 2.30. The summed E-state index contributed by atoms with van der Waals surface area (Å²) in [4.78, 5) is 19.3. The fraction of sp³-hybridized carbons (Fsp3) is 0.143. The molecule has 0 saturated heterocycles. The third kappa shape index (κ3) is 3.07. The number of aromatic nitrogens is 4. The third-order valence-electron chi connectivity index (χ3n) is 4.81. The number of hydrogen-bond donors (Lipinski definition) is 2. The zero-order valence-corrected chi connectivity index (χ0v) is 15.6. The lowest BCUT2D eigenvalue weighted by atomic mass is 9.99. The number of rotatable bonds is 5. The van der Waals surface area contributed by atoms with Crippen LogP contribution in [-0.2, 0) is 0 Å². The van der Waals surface area contributed by atoms with Crippen LogP contribution in [0.3, 0.4) is 0 Å². The van der Waals surface area contributed by atoms with Crippen LogP contribution in [0.2, 0.25) is 0 Å². The molecule has 7 heteroatoms. The van der Waals surface area contributed by atoms with E-state index in [4.69, 9.17) is 11.5 Å². The van der Waals surface area contributed by atoms with Gasteiger partial charge in [0.15, 0.2) is 5.65 Å². The average molecular weight is 371 g/mol. The summed E-state index contributed by atoms with van der Waals surface area (Å²) in [6.07, 6.45) is 3.47. The van der Waals surface area contributed by atoms with Crippen molar-refractivity contribution in [1.29, 1.82) is 0 Å². The summed E-state index contributed by atoms with van der Waals surface area (Å²) in [6.45, 7) is 6.59. The van der Waals surface area contributed by atoms with Crippen LogP contribution in [0.15, 0.2) is 61.3 Å². The lowest BCUT2D eigenvalue weighted by Gasteiger charge is -2.29. The van der Waals surface area contributed by atoms with Crippen LogP contribution in [0.25, 0.3) is 21.8 Å². The van der Waals surface area contributed by atoms with Crippen LogP contribution >= 0.6 is 0 Å². The molecule has 7 nitrogen and oxygen atoms in total. The van der Waals surface area contributed by atoms with Crippen molar-refractivity contribution in [1.82, 2.24) is 19.9 Å². The summed E-state index contributed by atoms with van der Waals surface area (Å²) in [5.41, 5.74) is 13.3. The molecule has 2 aromatic heterocycles. The lowest BCUT2D eigenvalue weighted by molar-refractivity contribution is 0.692. The molecule has 2 heterocycles. The SMILES string of the molecule is C=CCN(c1ncc2c(N)nc(N)nc2n1)C(C)c1cccc2ccccc12. The molecule has 1 atom stereocenters. The molecule has 0 radical (unpaired) electrons. The minimum atomic E-state index is 0.0121. The average Bonchev–Trinajstić information content (AvgIpc) is 2.70. The Balaban J connectivity index is 1.82. The van der Waals surface area contributed by atoms with E-state index in [1.54, 1.807) is 6.20 Å². The van der Waals surface area contributed by atoms with E-state index in [1.807, 2.05) is 18.2 Å². The molecule has 0 bridgehead atoms. The first kappa shape index (κ1) is 17.7. The van der Waals surface area contributed by atoms with Crippen LogP contribution in [0.1, 0.15) is 18.5 Å². The number of nitrogens with zero attached hydrogens (tertiary/aromatic N) is 5. The van der Waals surface area contributed by atoms with Gasteiger partial charge >= 0.3 is 0 Å². The molecule has 4 N–H and O–H groups in total. The number of benzene rings is 2. The maximum Gasteiger partial charge on any atom is 0.228 e. The maximum absolute atomic E-state index is 5.91. The molecular weight excluding hydrogens is 350 g/mol. The van der Waals surface area contributed by atoms with Gasteiger partial charge in [-0.2, -0.15) is 15.0 Å². The predicted molar refractivity (Wildman–Crippen MR) is 114 cm³/mol. The quantitative estimate of drug-likeness (QED) is 0.517. The highest BCUT2D eigenvalue weighted by molar-refractivity contribution is 5.87. The maximum atomic E-state index is 5.91. The molecule has 2 aromatic carbocycles. The largest absolute Gasteiger partial charge is 0.383 e. The Bertz CT molecular complexity index is 1170. The molecule has 140 valence electrons. The summed E-state index contributed by atoms with van der Waals surface area (Å²) in [6, 6.07) is 14.6. The zero-order chi connectivity index (χ0) is 19.7. The Labute approximate surface area is 162 Å². The van der Waals surface area contributed by atoms with Crippen molar-refractivity contribution in [2.45, 2.75) is 13.0 Å². The monoisotopic (exact) mass is 371 g/mol. The van der Waals surface area contributed by atoms with Gasteiger partial charge in [-0.15, -0.1) is 6.58 Å². The number of nitrogens with two attached hydrogens (primary N) is 2. The lowest BCUT2D eigenvalue weighted by Crippen LogP contribution is -2.29. The van der Waals surface area contributed by atoms with E-state index in [1.165, 1.54) is 16.3 Å². The van der Waals surface area contributed by atoms with E-state index in [2.05, 4.69) is 68.7 Å². The van der Waals surface area contributed by atoms with Crippen molar-refractivity contribution < 1.29 is 0 Å². The first-order chi connectivity index (χ1) is 13.6. The standard InChI is InChI=1S/C21H21N7/c1-3-11-28(13(2)15-10-6-8-14-7-4-5-9-16(14)15)21-24-12-17-18(22)25-20(23)26-19(17)27-21/h3-10,12-13H,1,11H2,2H3,(H4,22,23,24,25,26,27). The van der Waals surface area contributed by atoms with Gasteiger partial charge in [-0.25, -0.2) is 4.98 Å². The molecule has 0 amide bonds. The Morgan fingerprint density at radius 3 is 2.64 bits per heavy atom. The Morgan fingerprint density at radius 1 is 1.04 bits per heavy atom. The van der Waals surface area contributed by atoms with Gasteiger partial charge in [0.2, 0.25) is 11.9 Å². The molecule has 0 spiro atoms. The second-order valence-corrected chi connectivity index (χ2v) is 6.56. The fourth-order valence-corrected chi connectivity index (χ4v) is 3.42. The summed E-state index contributed by atoms with van der Waals surface area (Å²) in [7, 11) is 0. The molecule has 4 rings (SSSR count). The van der Waals surface area contributed by atoms with Gasteiger partial charge in [-0.05, 0) is 23.3 Å². The van der Waals surface area contributed by atoms with Crippen LogP contribution in [-0.4, -0.2) is 26.5 Å². The third-order valence-corrected chi connectivity index (χ3v) is 4.81. The van der Waals surface area contributed by atoms with Gasteiger partial charge < -0.3 is 16.4 Å². The van der Waals surface area contributed by atoms with E-state index in [9.17, 15) is 0 Å². The topological polar surface area (TPSA) is 107 Å². The van der Waals surface area contributed by atoms with Crippen molar-refractivity contribution in [3.8, 4) is 0 Å². The van der Waals surface area contributed by atoms with Gasteiger partial charge in [0.1, 0.15) is 5.82 Å². The molecule has 28 heavy (non-hydrogen) atoms. The van der Waals surface area contributed by atoms with Gasteiger partial charge in [-0.3, -0.25) is 0 Å². The second-order valence-electron chi connectivity index (χ2n) is 6.56. The minimum absolute atomic E-state index is 0.0121. The Kier molecular flexibility index (Phi) is 4.49. The van der Waals surface area contributed by atoms with Crippen LogP contribution in [0.4, 0.5) is 17.7 Å². The van der Waals surface area contributed by atoms with Crippen LogP contribution < -0.4 is 16.4 Å². The smallest absolute Gasteiger partial charge is 0.228 e. The Morgan fingerprint density at radius 2 is 1.82 bits per heavy atom. The molecule has 0 aliphatic carbocycles. The highest BCUT2D eigenvalue weighted by Gasteiger charge is 2.20. The van der Waals surface area contributed by atoms with E-state index in [0.717, 1.165) is 0 Å². The normalized spacial score (nSPS) is 12.2. The minimum Gasteiger partial charge on any atom is -0.383 e. The summed E-state index contributed by atoms with van der Waals surface area (Å²) in [5, 5.41) is 2.97. The zero-order valence-electron chi connectivity index (χ0n) is 15.6. The molecule has 0 saturated carbocycles. The van der Waals surface area contributed by atoms with Gasteiger partial charge in [0, 0.05) is 12.7 Å². The van der Waals surface area contributed by atoms with Gasteiger partial charge in [0.25, 0.3) is 0 Å². The van der Waals surface area contributed by atoms with Crippen LogP contribution in [0, 0.1) is 0 Å². The molecule has 0 aliphatic rings. The van der Waals surface area contributed by atoms with E-state index in [-0.39, 0.29) is 17.8 Å². The highest BCUT2D eigenvalue weighted by atomic mass is 15.3. The van der Waals surface area contributed by atoms with Gasteiger partial charge in [-0.1, -0.05) is 48.5 Å². The molecule has 1 unspecified atom stereocenters. The Hall–Kier alpha value is -3.74. The first-order valence-corrected chi connectivity index (χ1v) is 8.99. The van der Waals surface area contributed by atoms with E-state index in [0.29, 0.717) is 23.5 Å². The second kappa shape index (κ2) is 7.11. The summed E-state index contributed by atoms with van der Waals surface area (Å²) >= 11 is 0. The molecule has 4 aromatic rings. The number of hydrogen-bond acceptors (Lipinski definition) is 7. The summed E-state index contributed by atoms with van der Waals surface area (Å²) in [5.74, 6) is 0.892. The molecule has 0 aliphatic heterocycles. The van der Waals surface area contributed by atoms with Crippen molar-refractivity contribution >= 4 is 39.5 Å².